The third kappa shape index (κ3) is 2.03. The second-order valence-corrected chi connectivity index (χ2v) is 2.75. The monoisotopic (exact) mass is 178 g/mol. The van der Waals surface area contributed by atoms with Gasteiger partial charge in [-0.05, 0) is 13.0 Å². The maximum atomic E-state index is 11.7. The van der Waals surface area contributed by atoms with Crippen molar-refractivity contribution in [3.05, 3.63) is 23.5 Å². The molecule has 68 valence electrons. The molecule has 0 aromatic carbocycles. The Labute approximate surface area is 68.5 Å². The largest absolute Gasteiger partial charge is 0.572 e. The van der Waals surface area contributed by atoms with Crippen LogP contribution in [-0.2, 0) is 4.74 Å². The molecule has 1 atom stereocenters. The molecule has 0 heterocycles. The van der Waals surface area contributed by atoms with Crippen molar-refractivity contribution < 1.29 is 17.9 Å². The summed E-state index contributed by atoms with van der Waals surface area (Å²) in [7, 11) is 0. The molecule has 4 heteroatoms. The lowest BCUT2D eigenvalue weighted by atomic mass is 10.1. The van der Waals surface area contributed by atoms with E-state index in [-0.39, 0.29) is 11.7 Å². The summed E-state index contributed by atoms with van der Waals surface area (Å²) >= 11 is 0. The van der Waals surface area contributed by atoms with Crippen LogP contribution in [0.4, 0.5) is 13.2 Å². The molecule has 0 bridgehead atoms. The summed E-state index contributed by atoms with van der Waals surface area (Å²) < 4.78 is 39.0. The van der Waals surface area contributed by atoms with Crippen LogP contribution < -0.4 is 0 Å². The number of alkyl halides is 3. The van der Waals surface area contributed by atoms with Gasteiger partial charge in [-0.25, -0.2) is 0 Å². The maximum absolute atomic E-state index is 11.7. The van der Waals surface area contributed by atoms with E-state index in [4.69, 9.17) is 0 Å². The highest BCUT2D eigenvalue weighted by Gasteiger charge is 2.34. The Morgan fingerprint density at radius 2 is 1.92 bits per heavy atom. The van der Waals surface area contributed by atoms with Gasteiger partial charge in [0.05, 0.1) is 0 Å². The van der Waals surface area contributed by atoms with E-state index in [2.05, 4.69) is 4.74 Å². The minimum Gasteiger partial charge on any atom is -0.410 e. The van der Waals surface area contributed by atoms with Gasteiger partial charge in [-0.2, -0.15) is 0 Å². The molecule has 0 aromatic rings. The predicted molar refractivity (Wildman–Crippen MR) is 38.1 cm³/mol. The van der Waals surface area contributed by atoms with Crippen LogP contribution in [-0.4, -0.2) is 6.36 Å². The highest BCUT2D eigenvalue weighted by Crippen LogP contribution is 2.32. The van der Waals surface area contributed by atoms with Gasteiger partial charge in [0.25, 0.3) is 0 Å². The molecule has 1 aliphatic rings. The summed E-state index contributed by atoms with van der Waals surface area (Å²) in [4.78, 5) is 0. The summed E-state index contributed by atoms with van der Waals surface area (Å²) in [6.07, 6.45) is -1.59. The fraction of sp³-hybridized carbons (Fsp3) is 0.500. The lowest BCUT2D eigenvalue weighted by Gasteiger charge is -2.14. The van der Waals surface area contributed by atoms with Crippen LogP contribution in [0.2, 0.25) is 0 Å². The van der Waals surface area contributed by atoms with Crippen LogP contribution in [0.25, 0.3) is 0 Å². The van der Waals surface area contributed by atoms with Crippen molar-refractivity contribution in [1.29, 1.82) is 0 Å². The van der Waals surface area contributed by atoms with Crippen LogP contribution in [0.1, 0.15) is 13.8 Å². The summed E-state index contributed by atoms with van der Waals surface area (Å²) in [5.41, 5.74) is 0.884. The molecule has 0 N–H and O–H groups in total. The predicted octanol–water partition coefficient (Wildman–Crippen LogP) is 3.00. The van der Waals surface area contributed by atoms with Crippen molar-refractivity contribution in [1.82, 2.24) is 0 Å². The van der Waals surface area contributed by atoms with E-state index in [0.29, 0.717) is 0 Å². The number of hydrogen-bond acceptors (Lipinski definition) is 1. The average Bonchev–Trinajstić information content (AvgIpc) is 2.16. The summed E-state index contributed by atoms with van der Waals surface area (Å²) in [6.45, 7) is 3.45. The van der Waals surface area contributed by atoms with Gasteiger partial charge in [-0.3, -0.25) is 0 Å². The first-order valence-corrected chi connectivity index (χ1v) is 3.54. The molecule has 0 saturated carbocycles. The van der Waals surface area contributed by atoms with Gasteiger partial charge in [-0.1, -0.05) is 18.6 Å². The Morgan fingerprint density at radius 3 is 2.25 bits per heavy atom. The zero-order chi connectivity index (χ0) is 9.35. The number of allylic oxidation sites excluding steroid dienone is 3. The van der Waals surface area contributed by atoms with E-state index in [1.165, 1.54) is 6.08 Å². The minimum absolute atomic E-state index is 0.0278. The van der Waals surface area contributed by atoms with Gasteiger partial charge in [0, 0.05) is 5.92 Å². The van der Waals surface area contributed by atoms with Crippen molar-refractivity contribution in [2.75, 3.05) is 0 Å². The topological polar surface area (TPSA) is 9.23 Å². The van der Waals surface area contributed by atoms with E-state index in [9.17, 15) is 13.2 Å². The minimum atomic E-state index is -4.57. The van der Waals surface area contributed by atoms with Crippen molar-refractivity contribution in [3.8, 4) is 0 Å². The maximum Gasteiger partial charge on any atom is 0.572 e. The first-order chi connectivity index (χ1) is 5.40. The number of hydrogen-bond donors (Lipinski definition) is 0. The van der Waals surface area contributed by atoms with Crippen molar-refractivity contribution in [3.63, 3.8) is 0 Å². The fourth-order valence-electron chi connectivity index (χ4n) is 0.983. The van der Waals surface area contributed by atoms with E-state index in [1.807, 2.05) is 0 Å². The Bertz CT molecular complexity index is 237. The zero-order valence-corrected chi connectivity index (χ0v) is 6.77. The SMILES string of the molecule is CC1=CC=C(OC(F)(F)F)C1C. The third-order valence-corrected chi connectivity index (χ3v) is 1.85. The Balaban J connectivity index is 2.59. The normalized spacial score (nSPS) is 23.6. The lowest BCUT2D eigenvalue weighted by Crippen LogP contribution is -2.15. The molecule has 0 saturated heterocycles. The van der Waals surface area contributed by atoms with Crippen LogP contribution in [0.3, 0.4) is 0 Å². The van der Waals surface area contributed by atoms with Crippen LogP contribution in [0, 0.1) is 5.92 Å². The summed E-state index contributed by atoms with van der Waals surface area (Å²) in [5, 5.41) is 0. The van der Waals surface area contributed by atoms with Crippen molar-refractivity contribution in [2.45, 2.75) is 20.2 Å². The lowest BCUT2D eigenvalue weighted by molar-refractivity contribution is -0.307. The standard InChI is InChI=1S/C8H9F3O/c1-5-3-4-7(6(5)2)12-8(9,10)11/h3-4,6H,1-2H3. The molecule has 0 fully saturated rings. The molecular weight excluding hydrogens is 169 g/mol. The zero-order valence-electron chi connectivity index (χ0n) is 6.77. The Morgan fingerprint density at radius 1 is 1.33 bits per heavy atom. The van der Waals surface area contributed by atoms with Gasteiger partial charge in [0.1, 0.15) is 5.76 Å². The second-order valence-electron chi connectivity index (χ2n) is 2.75. The molecule has 0 radical (unpaired) electrons. The smallest absolute Gasteiger partial charge is 0.410 e. The molecule has 1 rings (SSSR count). The fourth-order valence-corrected chi connectivity index (χ4v) is 0.983. The summed E-state index contributed by atoms with van der Waals surface area (Å²) in [6, 6.07) is 0. The van der Waals surface area contributed by atoms with Gasteiger partial charge in [0.2, 0.25) is 0 Å². The van der Waals surface area contributed by atoms with E-state index in [1.54, 1.807) is 19.9 Å². The van der Waals surface area contributed by atoms with Crippen molar-refractivity contribution in [2.24, 2.45) is 5.92 Å². The Kier molecular flexibility index (Phi) is 2.17. The number of halogens is 3. The number of ether oxygens (including phenoxy) is 1. The van der Waals surface area contributed by atoms with E-state index in [0.717, 1.165) is 5.57 Å². The molecule has 1 nitrogen and oxygen atoms in total. The molecule has 12 heavy (non-hydrogen) atoms. The quantitative estimate of drug-likeness (QED) is 0.599. The second kappa shape index (κ2) is 2.84. The van der Waals surface area contributed by atoms with Crippen LogP contribution in [0.5, 0.6) is 0 Å². The van der Waals surface area contributed by atoms with E-state index < -0.39 is 6.36 Å². The summed E-state index contributed by atoms with van der Waals surface area (Å²) in [5.74, 6) is -0.286. The molecule has 0 aromatic heterocycles. The van der Waals surface area contributed by atoms with Crippen molar-refractivity contribution >= 4 is 0 Å². The first-order valence-electron chi connectivity index (χ1n) is 3.54. The van der Waals surface area contributed by atoms with Gasteiger partial charge < -0.3 is 4.74 Å². The van der Waals surface area contributed by atoms with Crippen LogP contribution in [0.15, 0.2) is 23.5 Å². The van der Waals surface area contributed by atoms with Gasteiger partial charge >= 0.3 is 6.36 Å². The molecule has 0 spiro atoms. The van der Waals surface area contributed by atoms with Gasteiger partial charge in [0.15, 0.2) is 0 Å². The molecule has 1 aliphatic carbocycles. The number of rotatable bonds is 1. The molecule has 1 unspecified atom stereocenters. The molecular formula is C8H9F3O. The highest BCUT2D eigenvalue weighted by atomic mass is 19.4. The van der Waals surface area contributed by atoms with Gasteiger partial charge in [-0.15, -0.1) is 13.2 Å². The molecule has 0 aliphatic heterocycles. The van der Waals surface area contributed by atoms with E-state index >= 15 is 0 Å². The molecule has 0 amide bonds. The third-order valence-electron chi connectivity index (χ3n) is 1.85. The highest BCUT2D eigenvalue weighted by molar-refractivity contribution is 5.29. The first kappa shape index (κ1) is 9.16. The average molecular weight is 178 g/mol. The Hall–Kier alpha value is -0.930. The van der Waals surface area contributed by atoms with Crippen LogP contribution >= 0.6 is 0 Å².